The first-order chi connectivity index (χ1) is 8.56. The van der Waals surface area contributed by atoms with Gasteiger partial charge < -0.3 is 9.73 Å². The summed E-state index contributed by atoms with van der Waals surface area (Å²) in [5.74, 6) is 0.597. The fourth-order valence-corrected chi connectivity index (χ4v) is 2.32. The zero-order chi connectivity index (χ0) is 13.4. The molecular weight excluding hydrogens is 254 g/mol. The van der Waals surface area contributed by atoms with Crippen molar-refractivity contribution in [1.82, 2.24) is 14.3 Å². The van der Waals surface area contributed by atoms with Gasteiger partial charge >= 0.3 is 0 Å². The quantitative estimate of drug-likeness (QED) is 0.645. The molecule has 0 saturated heterocycles. The van der Waals surface area contributed by atoms with E-state index in [1.165, 1.54) is 10.6 Å². The van der Waals surface area contributed by atoms with Crippen LogP contribution in [0.4, 0.5) is 0 Å². The SMILES string of the molecule is CCNCCCN(C)S(=O)(=O)NCc1ccco1. The molecule has 1 heterocycles. The average molecular weight is 275 g/mol. The Morgan fingerprint density at radius 2 is 2.22 bits per heavy atom. The molecule has 0 atom stereocenters. The van der Waals surface area contributed by atoms with Crippen molar-refractivity contribution < 1.29 is 12.8 Å². The number of hydrogen-bond donors (Lipinski definition) is 2. The molecule has 1 aromatic heterocycles. The molecule has 1 rings (SSSR count). The van der Waals surface area contributed by atoms with Gasteiger partial charge in [-0.2, -0.15) is 17.4 Å². The topological polar surface area (TPSA) is 74.6 Å². The molecule has 0 aromatic carbocycles. The van der Waals surface area contributed by atoms with Crippen LogP contribution in [0.1, 0.15) is 19.1 Å². The van der Waals surface area contributed by atoms with Gasteiger partial charge in [0, 0.05) is 13.6 Å². The van der Waals surface area contributed by atoms with Crippen molar-refractivity contribution in [3.8, 4) is 0 Å². The van der Waals surface area contributed by atoms with Crippen LogP contribution >= 0.6 is 0 Å². The van der Waals surface area contributed by atoms with Crippen molar-refractivity contribution in [3.05, 3.63) is 24.2 Å². The lowest BCUT2D eigenvalue weighted by atomic mass is 10.4. The van der Waals surface area contributed by atoms with E-state index < -0.39 is 10.2 Å². The fourth-order valence-electron chi connectivity index (χ4n) is 1.41. The van der Waals surface area contributed by atoms with E-state index in [1.54, 1.807) is 19.2 Å². The molecule has 0 fully saturated rings. The van der Waals surface area contributed by atoms with Gasteiger partial charge in [-0.15, -0.1) is 0 Å². The molecule has 104 valence electrons. The smallest absolute Gasteiger partial charge is 0.279 e. The van der Waals surface area contributed by atoms with Crippen LogP contribution in [0.25, 0.3) is 0 Å². The summed E-state index contributed by atoms with van der Waals surface area (Å²) in [5, 5.41) is 3.15. The third-order valence-electron chi connectivity index (χ3n) is 2.50. The molecule has 7 heteroatoms. The van der Waals surface area contributed by atoms with Crippen LogP contribution < -0.4 is 10.0 Å². The van der Waals surface area contributed by atoms with Crippen molar-refractivity contribution in [2.75, 3.05) is 26.7 Å². The van der Waals surface area contributed by atoms with Crippen molar-refractivity contribution in [2.24, 2.45) is 0 Å². The number of hydrogen-bond acceptors (Lipinski definition) is 4. The summed E-state index contributed by atoms with van der Waals surface area (Å²) in [5.41, 5.74) is 0. The van der Waals surface area contributed by atoms with E-state index in [1.807, 2.05) is 6.92 Å². The van der Waals surface area contributed by atoms with Gasteiger partial charge in [-0.05, 0) is 31.6 Å². The van der Waals surface area contributed by atoms with Crippen LogP contribution in [0.15, 0.2) is 22.8 Å². The Morgan fingerprint density at radius 1 is 1.44 bits per heavy atom. The Labute approximate surface area is 109 Å². The van der Waals surface area contributed by atoms with Crippen molar-refractivity contribution in [1.29, 1.82) is 0 Å². The Kier molecular flexibility index (Phi) is 6.34. The molecule has 2 N–H and O–H groups in total. The van der Waals surface area contributed by atoms with Gasteiger partial charge in [0.1, 0.15) is 5.76 Å². The Morgan fingerprint density at radius 3 is 2.83 bits per heavy atom. The lowest BCUT2D eigenvalue weighted by molar-refractivity contribution is 0.438. The number of rotatable bonds is 9. The Bertz CT molecular complexity index is 417. The number of furan rings is 1. The number of nitrogens with zero attached hydrogens (tertiary/aromatic N) is 1. The van der Waals surface area contributed by atoms with Crippen LogP contribution in [0.5, 0.6) is 0 Å². The summed E-state index contributed by atoms with van der Waals surface area (Å²) in [6, 6.07) is 3.46. The lowest BCUT2D eigenvalue weighted by Gasteiger charge is -2.17. The van der Waals surface area contributed by atoms with Crippen LogP contribution in [0.3, 0.4) is 0 Å². The first kappa shape index (κ1) is 15.2. The van der Waals surface area contributed by atoms with Gasteiger partial charge in [-0.25, -0.2) is 0 Å². The molecule has 1 aromatic rings. The van der Waals surface area contributed by atoms with Gasteiger partial charge in [0.2, 0.25) is 0 Å². The molecule has 18 heavy (non-hydrogen) atoms. The molecule has 0 spiro atoms. The maximum Gasteiger partial charge on any atom is 0.279 e. The molecular formula is C11H21N3O3S. The normalized spacial score (nSPS) is 12.2. The van der Waals surface area contributed by atoms with E-state index in [-0.39, 0.29) is 6.54 Å². The minimum absolute atomic E-state index is 0.173. The second-order valence-corrected chi connectivity index (χ2v) is 5.80. The Balaban J connectivity index is 2.33. The maximum atomic E-state index is 11.8. The highest BCUT2D eigenvalue weighted by molar-refractivity contribution is 7.87. The molecule has 0 aliphatic rings. The van der Waals surface area contributed by atoms with Gasteiger partial charge in [-0.1, -0.05) is 6.92 Å². The predicted molar refractivity (Wildman–Crippen MR) is 70.3 cm³/mol. The first-order valence-electron chi connectivity index (χ1n) is 6.00. The van der Waals surface area contributed by atoms with Gasteiger partial charge in [-0.3, -0.25) is 0 Å². The maximum absolute atomic E-state index is 11.8. The van der Waals surface area contributed by atoms with Crippen LogP contribution in [0, 0.1) is 0 Å². The highest BCUT2D eigenvalue weighted by Crippen LogP contribution is 2.02. The molecule has 0 unspecified atom stereocenters. The predicted octanol–water partition coefficient (Wildman–Crippen LogP) is 0.545. The van der Waals surface area contributed by atoms with E-state index in [4.69, 9.17) is 4.42 Å². The summed E-state index contributed by atoms with van der Waals surface area (Å²) in [6.07, 6.45) is 2.30. The summed E-state index contributed by atoms with van der Waals surface area (Å²) in [6.45, 7) is 4.39. The Hall–Kier alpha value is -0.890. The molecule has 0 radical (unpaired) electrons. The monoisotopic (exact) mass is 275 g/mol. The van der Waals surface area contributed by atoms with Gasteiger partial charge in [0.05, 0.1) is 12.8 Å². The molecule has 0 saturated carbocycles. The molecule has 0 bridgehead atoms. The molecule has 0 aliphatic heterocycles. The summed E-state index contributed by atoms with van der Waals surface area (Å²) in [4.78, 5) is 0. The second-order valence-electron chi connectivity index (χ2n) is 3.93. The molecule has 6 nitrogen and oxygen atoms in total. The molecule has 0 aliphatic carbocycles. The third-order valence-corrected chi connectivity index (χ3v) is 4.01. The largest absolute Gasteiger partial charge is 0.468 e. The van der Waals surface area contributed by atoms with E-state index >= 15 is 0 Å². The average Bonchev–Trinajstić information content (AvgIpc) is 2.85. The van der Waals surface area contributed by atoms with E-state index in [0.717, 1.165) is 19.5 Å². The standard InChI is InChI=1S/C11H21N3O3S/c1-3-12-7-5-8-14(2)18(15,16)13-10-11-6-4-9-17-11/h4,6,9,12-13H,3,5,7-8,10H2,1-2H3. The van der Waals surface area contributed by atoms with Crippen LogP contribution in [-0.2, 0) is 16.8 Å². The lowest BCUT2D eigenvalue weighted by Crippen LogP contribution is -2.39. The summed E-state index contributed by atoms with van der Waals surface area (Å²) in [7, 11) is -1.86. The first-order valence-corrected chi connectivity index (χ1v) is 7.44. The summed E-state index contributed by atoms with van der Waals surface area (Å²) >= 11 is 0. The third kappa shape index (κ3) is 5.18. The highest BCUT2D eigenvalue weighted by atomic mass is 32.2. The van der Waals surface area contributed by atoms with E-state index in [2.05, 4.69) is 10.0 Å². The van der Waals surface area contributed by atoms with Crippen molar-refractivity contribution >= 4 is 10.2 Å². The summed E-state index contributed by atoms with van der Waals surface area (Å²) < 4.78 is 32.5. The van der Waals surface area contributed by atoms with E-state index in [9.17, 15) is 8.42 Å². The van der Waals surface area contributed by atoms with Gasteiger partial charge in [0.15, 0.2) is 0 Å². The zero-order valence-corrected chi connectivity index (χ0v) is 11.7. The van der Waals surface area contributed by atoms with Gasteiger partial charge in [0.25, 0.3) is 10.2 Å². The fraction of sp³-hybridized carbons (Fsp3) is 0.636. The number of nitrogens with one attached hydrogen (secondary N) is 2. The van der Waals surface area contributed by atoms with Crippen molar-refractivity contribution in [3.63, 3.8) is 0 Å². The van der Waals surface area contributed by atoms with Crippen molar-refractivity contribution in [2.45, 2.75) is 19.9 Å². The molecule has 0 amide bonds. The van der Waals surface area contributed by atoms with Crippen LogP contribution in [0.2, 0.25) is 0 Å². The second kappa shape index (κ2) is 7.52. The zero-order valence-electron chi connectivity index (χ0n) is 10.8. The van der Waals surface area contributed by atoms with Crippen LogP contribution in [-0.4, -0.2) is 39.4 Å². The van der Waals surface area contributed by atoms with E-state index in [0.29, 0.717) is 12.3 Å². The minimum Gasteiger partial charge on any atom is -0.468 e. The highest BCUT2D eigenvalue weighted by Gasteiger charge is 2.16. The minimum atomic E-state index is -3.43.